The molecule has 1 saturated heterocycles. The highest BCUT2D eigenvalue weighted by Gasteiger charge is 2.37. The molecule has 2 aromatic rings. The molecule has 2 aromatic carbocycles. The third kappa shape index (κ3) is 3.43. The van der Waals surface area contributed by atoms with Gasteiger partial charge in [0, 0.05) is 10.6 Å². The van der Waals surface area contributed by atoms with Gasteiger partial charge in [-0.1, -0.05) is 65.4 Å². The van der Waals surface area contributed by atoms with Crippen molar-refractivity contribution in [1.29, 1.82) is 0 Å². The summed E-state index contributed by atoms with van der Waals surface area (Å²) in [6.07, 6.45) is 1.71. The number of thioether (sulfide) groups is 1. The molecule has 2 amide bonds. The van der Waals surface area contributed by atoms with Crippen LogP contribution in [-0.2, 0) is 4.79 Å². The SMILES string of the molecule is Cc1ccc(C(=O)N2C(=O)/C(=C\c3ccc(Cl)cc3)SC2=S)cc1. The Morgan fingerprint density at radius 3 is 2.38 bits per heavy atom. The van der Waals surface area contributed by atoms with Gasteiger partial charge in [-0.3, -0.25) is 9.59 Å². The molecule has 1 heterocycles. The van der Waals surface area contributed by atoms with Crippen molar-refractivity contribution in [2.45, 2.75) is 6.92 Å². The van der Waals surface area contributed by atoms with Crippen LogP contribution in [0.3, 0.4) is 0 Å². The molecule has 0 bridgehead atoms. The minimum Gasteiger partial charge on any atom is -0.268 e. The highest BCUT2D eigenvalue weighted by atomic mass is 35.5. The number of amides is 2. The van der Waals surface area contributed by atoms with Crippen LogP contribution >= 0.6 is 35.6 Å². The number of benzene rings is 2. The van der Waals surface area contributed by atoms with E-state index in [0.29, 0.717) is 15.5 Å². The van der Waals surface area contributed by atoms with Crippen molar-refractivity contribution < 1.29 is 9.59 Å². The second kappa shape index (κ2) is 6.89. The molecule has 0 unspecified atom stereocenters. The maximum atomic E-state index is 12.6. The van der Waals surface area contributed by atoms with Crippen molar-refractivity contribution in [3.8, 4) is 0 Å². The number of halogens is 1. The third-order valence-electron chi connectivity index (χ3n) is 3.46. The van der Waals surface area contributed by atoms with E-state index in [4.69, 9.17) is 23.8 Å². The van der Waals surface area contributed by atoms with E-state index in [0.717, 1.165) is 27.8 Å². The first-order valence-corrected chi connectivity index (χ1v) is 8.70. The number of thiocarbonyl (C=S) groups is 1. The zero-order valence-electron chi connectivity index (χ0n) is 12.7. The van der Waals surface area contributed by atoms with Crippen LogP contribution in [0.2, 0.25) is 5.02 Å². The number of nitrogens with zero attached hydrogens (tertiary/aromatic N) is 1. The maximum absolute atomic E-state index is 12.6. The van der Waals surface area contributed by atoms with Crippen molar-refractivity contribution in [2.75, 3.05) is 0 Å². The van der Waals surface area contributed by atoms with Crippen LogP contribution in [-0.4, -0.2) is 21.0 Å². The van der Waals surface area contributed by atoms with Gasteiger partial charge in [-0.05, 0) is 42.8 Å². The molecule has 3 rings (SSSR count). The number of hydrogen-bond donors (Lipinski definition) is 0. The minimum atomic E-state index is -0.406. The molecule has 120 valence electrons. The van der Waals surface area contributed by atoms with E-state index in [1.54, 1.807) is 42.5 Å². The van der Waals surface area contributed by atoms with Gasteiger partial charge in [0.2, 0.25) is 0 Å². The summed E-state index contributed by atoms with van der Waals surface area (Å²) >= 11 is 12.2. The second-order valence-electron chi connectivity index (χ2n) is 5.24. The summed E-state index contributed by atoms with van der Waals surface area (Å²) in [5, 5.41) is 0.620. The summed E-state index contributed by atoms with van der Waals surface area (Å²) in [6, 6.07) is 14.1. The largest absolute Gasteiger partial charge is 0.273 e. The summed E-state index contributed by atoms with van der Waals surface area (Å²) in [4.78, 5) is 26.6. The van der Waals surface area contributed by atoms with Crippen molar-refractivity contribution in [3.05, 3.63) is 75.1 Å². The Labute approximate surface area is 154 Å². The van der Waals surface area contributed by atoms with E-state index in [2.05, 4.69) is 0 Å². The Balaban J connectivity index is 1.87. The first-order valence-electron chi connectivity index (χ1n) is 7.10. The van der Waals surface area contributed by atoms with Crippen molar-refractivity contribution in [3.63, 3.8) is 0 Å². The molecule has 0 saturated carbocycles. The van der Waals surface area contributed by atoms with Crippen LogP contribution in [0.15, 0.2) is 53.4 Å². The van der Waals surface area contributed by atoms with Gasteiger partial charge < -0.3 is 0 Å². The van der Waals surface area contributed by atoms with E-state index in [9.17, 15) is 9.59 Å². The first kappa shape index (κ1) is 16.9. The van der Waals surface area contributed by atoms with E-state index < -0.39 is 11.8 Å². The van der Waals surface area contributed by atoms with Crippen LogP contribution in [0.4, 0.5) is 0 Å². The standard InChI is InChI=1S/C18H12ClNO2S2/c1-11-2-6-13(7-3-11)16(21)20-17(22)15(24-18(20)23)10-12-4-8-14(19)9-5-12/h2-10H,1H3/b15-10+. The fourth-order valence-corrected chi connectivity index (χ4v) is 3.56. The van der Waals surface area contributed by atoms with Gasteiger partial charge in [0.15, 0.2) is 4.32 Å². The van der Waals surface area contributed by atoms with Gasteiger partial charge in [0.25, 0.3) is 11.8 Å². The van der Waals surface area contributed by atoms with E-state index >= 15 is 0 Å². The predicted octanol–water partition coefficient (Wildman–Crippen LogP) is 4.69. The third-order valence-corrected chi connectivity index (χ3v) is 5.02. The lowest BCUT2D eigenvalue weighted by molar-refractivity contribution is -0.120. The molecule has 1 fully saturated rings. The smallest absolute Gasteiger partial charge is 0.268 e. The summed E-state index contributed by atoms with van der Waals surface area (Å²) < 4.78 is 0.241. The molecule has 0 spiro atoms. The summed E-state index contributed by atoms with van der Waals surface area (Å²) in [7, 11) is 0. The topological polar surface area (TPSA) is 37.4 Å². The molecule has 0 aromatic heterocycles. The fraction of sp³-hybridized carbons (Fsp3) is 0.0556. The van der Waals surface area contributed by atoms with Gasteiger partial charge in [-0.2, -0.15) is 0 Å². The van der Waals surface area contributed by atoms with Crippen LogP contribution < -0.4 is 0 Å². The Morgan fingerprint density at radius 1 is 1.12 bits per heavy atom. The Morgan fingerprint density at radius 2 is 1.75 bits per heavy atom. The predicted molar refractivity (Wildman–Crippen MR) is 102 cm³/mol. The van der Waals surface area contributed by atoms with Gasteiger partial charge in [-0.15, -0.1) is 0 Å². The molecule has 0 atom stereocenters. The zero-order valence-corrected chi connectivity index (χ0v) is 15.0. The molecule has 1 aliphatic rings. The highest BCUT2D eigenvalue weighted by Crippen LogP contribution is 2.33. The van der Waals surface area contributed by atoms with Gasteiger partial charge in [0.1, 0.15) is 0 Å². The quantitative estimate of drug-likeness (QED) is 0.435. The van der Waals surface area contributed by atoms with Gasteiger partial charge >= 0.3 is 0 Å². The van der Waals surface area contributed by atoms with Crippen LogP contribution in [0.1, 0.15) is 21.5 Å². The molecule has 0 N–H and O–H groups in total. The number of carbonyl (C=O) groups excluding carboxylic acids is 2. The number of aryl methyl sites for hydroxylation is 1. The number of imide groups is 1. The van der Waals surface area contributed by atoms with E-state index in [-0.39, 0.29) is 4.32 Å². The van der Waals surface area contributed by atoms with Crippen LogP contribution in [0.5, 0.6) is 0 Å². The molecule has 24 heavy (non-hydrogen) atoms. The molecule has 0 aliphatic carbocycles. The number of rotatable bonds is 2. The number of carbonyl (C=O) groups is 2. The summed E-state index contributed by atoms with van der Waals surface area (Å²) in [6.45, 7) is 1.93. The summed E-state index contributed by atoms with van der Waals surface area (Å²) in [5.74, 6) is -0.803. The minimum absolute atomic E-state index is 0.241. The van der Waals surface area contributed by atoms with Crippen molar-refractivity contribution in [1.82, 2.24) is 4.90 Å². The molecular formula is C18H12ClNO2S2. The van der Waals surface area contributed by atoms with Crippen molar-refractivity contribution >= 4 is 57.8 Å². The van der Waals surface area contributed by atoms with E-state index in [1.165, 1.54) is 0 Å². The van der Waals surface area contributed by atoms with Gasteiger partial charge in [-0.25, -0.2) is 4.90 Å². The zero-order chi connectivity index (χ0) is 17.3. The lowest BCUT2D eigenvalue weighted by Gasteiger charge is -2.12. The normalized spacial score (nSPS) is 16.1. The van der Waals surface area contributed by atoms with Gasteiger partial charge in [0.05, 0.1) is 4.91 Å². The molecular weight excluding hydrogens is 362 g/mol. The highest BCUT2D eigenvalue weighted by molar-refractivity contribution is 8.26. The monoisotopic (exact) mass is 373 g/mol. The Bertz CT molecular complexity index is 858. The summed E-state index contributed by atoms with van der Waals surface area (Å²) in [5.41, 5.74) is 2.30. The van der Waals surface area contributed by atoms with E-state index in [1.807, 2.05) is 19.1 Å². The molecule has 3 nitrogen and oxygen atoms in total. The average molecular weight is 374 g/mol. The van der Waals surface area contributed by atoms with Crippen LogP contribution in [0, 0.1) is 6.92 Å². The van der Waals surface area contributed by atoms with Crippen molar-refractivity contribution in [2.24, 2.45) is 0 Å². The average Bonchev–Trinajstić information content (AvgIpc) is 2.83. The first-order chi connectivity index (χ1) is 11.5. The Kier molecular flexibility index (Phi) is 4.85. The second-order valence-corrected chi connectivity index (χ2v) is 7.35. The molecule has 1 aliphatic heterocycles. The lowest BCUT2D eigenvalue weighted by atomic mass is 10.1. The maximum Gasteiger partial charge on any atom is 0.273 e. The fourth-order valence-electron chi connectivity index (χ4n) is 2.18. The van der Waals surface area contributed by atoms with Crippen LogP contribution in [0.25, 0.3) is 6.08 Å². The lowest BCUT2D eigenvalue weighted by Crippen LogP contribution is -2.34. The Hall–Kier alpha value is -1.95. The molecule has 6 heteroatoms. The molecule has 0 radical (unpaired) electrons. The number of hydrogen-bond acceptors (Lipinski definition) is 4.